The highest BCUT2D eigenvalue weighted by Crippen LogP contribution is 2.21. The Morgan fingerprint density at radius 2 is 1.76 bits per heavy atom. The van der Waals surface area contributed by atoms with Gasteiger partial charge in [0.05, 0.1) is 7.11 Å². The molecule has 0 aliphatic heterocycles. The summed E-state index contributed by atoms with van der Waals surface area (Å²) in [6.07, 6.45) is 11.7. The number of allylic oxidation sites excluding steroid dienone is 2. The molecule has 1 aliphatic carbocycles. The largest absolute Gasteiger partial charge is 0.497 e. The zero-order valence-electron chi connectivity index (χ0n) is 10.7. The first-order valence-corrected chi connectivity index (χ1v) is 6.69. The average Bonchev–Trinajstić information content (AvgIpc) is 2.33. The predicted octanol–water partition coefficient (Wildman–Crippen LogP) is 4.52. The summed E-state index contributed by atoms with van der Waals surface area (Å²) in [7, 11) is 1.71. The Bertz CT molecular complexity index is 362. The number of ether oxygens (including phenoxy) is 1. The van der Waals surface area contributed by atoms with Crippen molar-refractivity contribution in [2.24, 2.45) is 0 Å². The van der Waals surface area contributed by atoms with Gasteiger partial charge in [-0.25, -0.2) is 0 Å². The highest BCUT2D eigenvalue weighted by molar-refractivity contribution is 5.30. The van der Waals surface area contributed by atoms with Gasteiger partial charge in [0.2, 0.25) is 0 Å². The highest BCUT2D eigenvalue weighted by atomic mass is 16.5. The average molecular weight is 230 g/mol. The fourth-order valence-corrected chi connectivity index (χ4v) is 2.42. The van der Waals surface area contributed by atoms with Crippen LogP contribution in [-0.4, -0.2) is 7.11 Å². The third kappa shape index (κ3) is 3.92. The minimum Gasteiger partial charge on any atom is -0.497 e. The maximum absolute atomic E-state index is 5.18. The molecule has 0 amide bonds. The van der Waals surface area contributed by atoms with Crippen molar-refractivity contribution in [2.75, 3.05) is 7.11 Å². The molecule has 0 saturated heterocycles. The van der Waals surface area contributed by atoms with Crippen LogP contribution < -0.4 is 4.74 Å². The van der Waals surface area contributed by atoms with E-state index in [1.165, 1.54) is 44.1 Å². The summed E-state index contributed by atoms with van der Waals surface area (Å²) < 4.78 is 5.18. The lowest BCUT2D eigenvalue weighted by atomic mass is 9.95. The Hall–Kier alpha value is -1.24. The van der Waals surface area contributed by atoms with Crippen LogP contribution in [0.1, 0.15) is 44.1 Å². The van der Waals surface area contributed by atoms with Gasteiger partial charge in [-0.2, -0.15) is 0 Å². The Kier molecular flexibility index (Phi) is 4.66. The van der Waals surface area contributed by atoms with Crippen LogP contribution in [0.5, 0.6) is 5.75 Å². The van der Waals surface area contributed by atoms with Crippen molar-refractivity contribution in [3.63, 3.8) is 0 Å². The van der Waals surface area contributed by atoms with E-state index in [9.17, 15) is 0 Å². The SMILES string of the molecule is COc1ccc(C/C2=C/CCCCCC2)cc1. The van der Waals surface area contributed by atoms with E-state index in [1.807, 2.05) is 0 Å². The highest BCUT2D eigenvalue weighted by Gasteiger charge is 2.03. The van der Waals surface area contributed by atoms with Crippen molar-refractivity contribution in [1.82, 2.24) is 0 Å². The van der Waals surface area contributed by atoms with Crippen molar-refractivity contribution in [3.05, 3.63) is 41.5 Å². The molecule has 17 heavy (non-hydrogen) atoms. The molecule has 0 aromatic heterocycles. The number of benzene rings is 1. The minimum absolute atomic E-state index is 0.945. The molecule has 1 nitrogen and oxygen atoms in total. The smallest absolute Gasteiger partial charge is 0.118 e. The number of hydrogen-bond donors (Lipinski definition) is 0. The maximum Gasteiger partial charge on any atom is 0.118 e. The normalized spacial score (nSPS) is 19.9. The van der Waals surface area contributed by atoms with Crippen LogP contribution in [0, 0.1) is 0 Å². The van der Waals surface area contributed by atoms with Gasteiger partial charge in [-0.15, -0.1) is 0 Å². The number of methoxy groups -OCH3 is 1. The Morgan fingerprint density at radius 3 is 2.53 bits per heavy atom. The molecule has 0 radical (unpaired) electrons. The second-order valence-electron chi connectivity index (χ2n) is 4.84. The molecule has 0 heterocycles. The van der Waals surface area contributed by atoms with Gasteiger partial charge >= 0.3 is 0 Å². The van der Waals surface area contributed by atoms with Crippen molar-refractivity contribution in [1.29, 1.82) is 0 Å². The van der Waals surface area contributed by atoms with E-state index in [0.29, 0.717) is 0 Å². The molecule has 92 valence electrons. The maximum atomic E-state index is 5.18. The minimum atomic E-state index is 0.945. The van der Waals surface area contributed by atoms with Gasteiger partial charge < -0.3 is 4.74 Å². The standard InChI is InChI=1S/C16H22O/c1-17-16-11-9-15(10-12-16)13-14-7-5-3-2-4-6-8-14/h7,9-12H,2-6,8,13H2,1H3/b14-7+. The first-order chi connectivity index (χ1) is 8.38. The molecule has 0 atom stereocenters. The van der Waals surface area contributed by atoms with Gasteiger partial charge in [-0.05, 0) is 49.8 Å². The number of hydrogen-bond acceptors (Lipinski definition) is 1. The molecule has 1 aromatic carbocycles. The van der Waals surface area contributed by atoms with Gasteiger partial charge in [-0.3, -0.25) is 0 Å². The second-order valence-corrected chi connectivity index (χ2v) is 4.84. The van der Waals surface area contributed by atoms with Crippen LogP contribution in [0.15, 0.2) is 35.9 Å². The quantitative estimate of drug-likeness (QED) is 0.694. The lowest BCUT2D eigenvalue weighted by molar-refractivity contribution is 0.414. The molecule has 0 saturated carbocycles. The van der Waals surface area contributed by atoms with E-state index in [4.69, 9.17) is 4.74 Å². The molecule has 1 heteroatoms. The molecular formula is C16H22O. The summed E-state index contributed by atoms with van der Waals surface area (Å²) >= 11 is 0. The Labute approximate surface area is 104 Å². The molecule has 1 aliphatic rings. The topological polar surface area (TPSA) is 9.23 Å². The van der Waals surface area contributed by atoms with E-state index >= 15 is 0 Å². The second kappa shape index (κ2) is 6.48. The monoisotopic (exact) mass is 230 g/mol. The van der Waals surface area contributed by atoms with Crippen molar-refractivity contribution < 1.29 is 4.74 Å². The Morgan fingerprint density at radius 1 is 1.00 bits per heavy atom. The van der Waals surface area contributed by atoms with E-state index in [-0.39, 0.29) is 0 Å². The lowest BCUT2D eigenvalue weighted by Crippen LogP contribution is -1.95. The van der Waals surface area contributed by atoms with Crippen LogP contribution in [-0.2, 0) is 6.42 Å². The molecule has 0 N–H and O–H groups in total. The molecule has 1 aromatic rings. The fraction of sp³-hybridized carbons (Fsp3) is 0.500. The van der Waals surface area contributed by atoms with Crippen LogP contribution in [0.4, 0.5) is 0 Å². The molecular weight excluding hydrogens is 208 g/mol. The molecule has 0 spiro atoms. The van der Waals surface area contributed by atoms with Crippen LogP contribution in [0.3, 0.4) is 0 Å². The van der Waals surface area contributed by atoms with E-state index in [2.05, 4.69) is 30.3 Å². The summed E-state index contributed by atoms with van der Waals surface area (Å²) in [6, 6.07) is 8.47. The lowest BCUT2D eigenvalue weighted by Gasteiger charge is -2.11. The summed E-state index contributed by atoms with van der Waals surface area (Å²) in [4.78, 5) is 0. The third-order valence-electron chi connectivity index (χ3n) is 3.48. The van der Waals surface area contributed by atoms with Crippen LogP contribution in [0.2, 0.25) is 0 Å². The van der Waals surface area contributed by atoms with Crippen molar-refractivity contribution in [2.45, 2.75) is 44.9 Å². The predicted molar refractivity (Wildman–Crippen MR) is 72.5 cm³/mol. The van der Waals surface area contributed by atoms with Gasteiger partial charge in [0.15, 0.2) is 0 Å². The van der Waals surface area contributed by atoms with E-state index < -0.39 is 0 Å². The van der Waals surface area contributed by atoms with Crippen molar-refractivity contribution >= 4 is 0 Å². The summed E-state index contributed by atoms with van der Waals surface area (Å²) in [5.74, 6) is 0.945. The summed E-state index contributed by atoms with van der Waals surface area (Å²) in [6.45, 7) is 0. The fourth-order valence-electron chi connectivity index (χ4n) is 2.42. The first kappa shape index (κ1) is 12.2. The van der Waals surface area contributed by atoms with Crippen LogP contribution >= 0.6 is 0 Å². The number of rotatable bonds is 3. The summed E-state index contributed by atoms with van der Waals surface area (Å²) in [5.41, 5.74) is 3.02. The van der Waals surface area contributed by atoms with Gasteiger partial charge in [0, 0.05) is 0 Å². The van der Waals surface area contributed by atoms with Crippen molar-refractivity contribution in [3.8, 4) is 5.75 Å². The van der Waals surface area contributed by atoms with Gasteiger partial charge in [0.1, 0.15) is 5.75 Å². The van der Waals surface area contributed by atoms with Crippen LogP contribution in [0.25, 0.3) is 0 Å². The zero-order chi connectivity index (χ0) is 11.9. The molecule has 0 unspecified atom stereocenters. The first-order valence-electron chi connectivity index (χ1n) is 6.69. The third-order valence-corrected chi connectivity index (χ3v) is 3.48. The van der Waals surface area contributed by atoms with Gasteiger partial charge in [-0.1, -0.05) is 36.6 Å². The molecule has 2 rings (SSSR count). The van der Waals surface area contributed by atoms with Gasteiger partial charge in [0.25, 0.3) is 0 Å². The molecule has 0 bridgehead atoms. The Balaban J connectivity index is 1.98. The van der Waals surface area contributed by atoms with E-state index in [0.717, 1.165) is 12.2 Å². The molecule has 0 fully saturated rings. The van der Waals surface area contributed by atoms with E-state index in [1.54, 1.807) is 12.7 Å². The zero-order valence-corrected chi connectivity index (χ0v) is 10.7. The summed E-state index contributed by atoms with van der Waals surface area (Å²) in [5, 5.41) is 0.